The van der Waals surface area contributed by atoms with E-state index in [-0.39, 0.29) is 5.56 Å². The molecule has 21 heavy (non-hydrogen) atoms. The first-order valence-electron chi connectivity index (χ1n) is 6.39. The maximum Gasteiger partial charge on any atom is 0.132 e. The Morgan fingerprint density at radius 3 is 2.48 bits per heavy atom. The van der Waals surface area contributed by atoms with E-state index in [0.29, 0.717) is 5.69 Å². The number of rotatable bonds is 3. The van der Waals surface area contributed by atoms with Gasteiger partial charge >= 0.3 is 0 Å². The van der Waals surface area contributed by atoms with Crippen molar-refractivity contribution in [1.82, 2.24) is 9.78 Å². The minimum atomic E-state index is -1.23. The Kier molecular flexibility index (Phi) is 3.50. The molecule has 1 heterocycles. The van der Waals surface area contributed by atoms with Crippen molar-refractivity contribution in [1.29, 1.82) is 0 Å². The minimum Gasteiger partial charge on any atom is -0.382 e. The summed E-state index contributed by atoms with van der Waals surface area (Å²) in [5.41, 5.74) is 1.17. The summed E-state index contributed by atoms with van der Waals surface area (Å²) in [5.74, 6) is -1.47. The van der Waals surface area contributed by atoms with Crippen LogP contribution in [0.1, 0.15) is 17.4 Å². The number of para-hydroxylation sites is 1. The Bertz CT molecular complexity index is 756. The van der Waals surface area contributed by atoms with E-state index in [0.717, 1.165) is 17.8 Å². The molecule has 3 aromatic rings. The minimum absolute atomic E-state index is 0.00841. The zero-order chi connectivity index (χ0) is 14.8. The van der Waals surface area contributed by atoms with E-state index < -0.39 is 17.7 Å². The molecular weight excluding hydrogens is 274 g/mol. The van der Waals surface area contributed by atoms with Gasteiger partial charge in [0.2, 0.25) is 0 Å². The van der Waals surface area contributed by atoms with Crippen LogP contribution in [0, 0.1) is 11.6 Å². The number of hydrogen-bond acceptors (Lipinski definition) is 2. The van der Waals surface area contributed by atoms with Gasteiger partial charge in [-0.2, -0.15) is 5.10 Å². The van der Waals surface area contributed by atoms with Gasteiger partial charge in [0.25, 0.3) is 0 Å². The van der Waals surface area contributed by atoms with E-state index in [1.54, 1.807) is 6.07 Å². The van der Waals surface area contributed by atoms with Crippen molar-refractivity contribution in [2.24, 2.45) is 0 Å². The normalized spacial score (nSPS) is 12.3. The summed E-state index contributed by atoms with van der Waals surface area (Å²) in [6.45, 7) is 0. The van der Waals surface area contributed by atoms with Gasteiger partial charge in [0.15, 0.2) is 0 Å². The highest BCUT2D eigenvalue weighted by Crippen LogP contribution is 2.26. The second-order valence-corrected chi connectivity index (χ2v) is 4.57. The van der Waals surface area contributed by atoms with Crippen molar-refractivity contribution in [3.8, 4) is 5.69 Å². The van der Waals surface area contributed by atoms with Crippen LogP contribution in [0.5, 0.6) is 0 Å². The third-order valence-electron chi connectivity index (χ3n) is 3.21. The van der Waals surface area contributed by atoms with Crippen molar-refractivity contribution in [2.75, 3.05) is 0 Å². The van der Waals surface area contributed by atoms with Gasteiger partial charge in [-0.05, 0) is 24.3 Å². The van der Waals surface area contributed by atoms with Crippen molar-refractivity contribution in [3.63, 3.8) is 0 Å². The predicted octanol–water partition coefficient (Wildman–Crippen LogP) is 3.23. The zero-order valence-electron chi connectivity index (χ0n) is 10.9. The highest BCUT2D eigenvalue weighted by molar-refractivity contribution is 5.36. The highest BCUT2D eigenvalue weighted by Gasteiger charge is 2.20. The SMILES string of the molecule is OC(c1ccc(F)cc1F)c1ccnn1-c1ccccc1. The topological polar surface area (TPSA) is 38.1 Å². The number of aliphatic hydroxyl groups is 1. The third-order valence-corrected chi connectivity index (χ3v) is 3.21. The number of halogens is 2. The largest absolute Gasteiger partial charge is 0.382 e. The van der Waals surface area contributed by atoms with Gasteiger partial charge in [0, 0.05) is 17.8 Å². The fourth-order valence-corrected chi connectivity index (χ4v) is 2.19. The van der Waals surface area contributed by atoms with E-state index in [1.807, 2.05) is 30.3 Å². The molecule has 3 rings (SSSR count). The van der Waals surface area contributed by atoms with E-state index in [9.17, 15) is 13.9 Å². The number of benzene rings is 2. The van der Waals surface area contributed by atoms with Gasteiger partial charge < -0.3 is 5.11 Å². The van der Waals surface area contributed by atoms with Crippen LogP contribution >= 0.6 is 0 Å². The van der Waals surface area contributed by atoms with Crippen LogP contribution in [0.15, 0.2) is 60.8 Å². The molecule has 5 heteroatoms. The molecule has 0 amide bonds. The van der Waals surface area contributed by atoms with E-state index in [4.69, 9.17) is 0 Å². The van der Waals surface area contributed by atoms with E-state index in [1.165, 1.54) is 16.9 Å². The van der Waals surface area contributed by atoms with Crippen molar-refractivity contribution in [2.45, 2.75) is 6.10 Å². The molecule has 1 aromatic heterocycles. The Hall–Kier alpha value is -2.53. The summed E-state index contributed by atoms with van der Waals surface area (Å²) in [7, 11) is 0. The molecular formula is C16H12F2N2O. The summed E-state index contributed by atoms with van der Waals surface area (Å²) in [6.07, 6.45) is 0.292. The average Bonchev–Trinajstić information content (AvgIpc) is 2.97. The van der Waals surface area contributed by atoms with Crippen molar-refractivity contribution in [3.05, 3.63) is 83.7 Å². The number of nitrogens with zero attached hydrogens (tertiary/aromatic N) is 2. The molecule has 0 aliphatic carbocycles. The first-order chi connectivity index (χ1) is 10.2. The average molecular weight is 286 g/mol. The van der Waals surface area contributed by atoms with Crippen LogP contribution < -0.4 is 0 Å². The Morgan fingerprint density at radius 2 is 1.76 bits per heavy atom. The lowest BCUT2D eigenvalue weighted by molar-refractivity contribution is 0.206. The second-order valence-electron chi connectivity index (χ2n) is 4.57. The lowest BCUT2D eigenvalue weighted by atomic mass is 10.1. The Morgan fingerprint density at radius 1 is 1.00 bits per heavy atom. The molecule has 0 saturated heterocycles. The van der Waals surface area contributed by atoms with Gasteiger partial charge in [-0.15, -0.1) is 0 Å². The standard InChI is InChI=1S/C16H12F2N2O/c17-11-6-7-13(14(18)10-11)16(21)15-8-9-19-20(15)12-4-2-1-3-5-12/h1-10,16,21H. The molecule has 0 bridgehead atoms. The molecule has 1 atom stereocenters. The Balaban J connectivity index is 2.03. The summed E-state index contributed by atoms with van der Waals surface area (Å²) in [5, 5.41) is 14.5. The summed E-state index contributed by atoms with van der Waals surface area (Å²) < 4.78 is 28.3. The summed E-state index contributed by atoms with van der Waals surface area (Å²) >= 11 is 0. The van der Waals surface area contributed by atoms with Crippen LogP contribution in [0.3, 0.4) is 0 Å². The Labute approximate surface area is 120 Å². The quantitative estimate of drug-likeness (QED) is 0.802. The fourth-order valence-electron chi connectivity index (χ4n) is 2.19. The van der Waals surface area contributed by atoms with Crippen molar-refractivity contribution < 1.29 is 13.9 Å². The van der Waals surface area contributed by atoms with Crippen LogP contribution in [-0.2, 0) is 0 Å². The third kappa shape index (κ3) is 2.55. The molecule has 106 valence electrons. The predicted molar refractivity (Wildman–Crippen MR) is 74.0 cm³/mol. The number of aromatic nitrogens is 2. The maximum atomic E-state index is 13.8. The smallest absolute Gasteiger partial charge is 0.132 e. The highest BCUT2D eigenvalue weighted by atomic mass is 19.1. The monoisotopic (exact) mass is 286 g/mol. The lowest BCUT2D eigenvalue weighted by Gasteiger charge is -2.14. The van der Waals surface area contributed by atoms with Gasteiger partial charge in [-0.3, -0.25) is 0 Å². The van der Waals surface area contributed by atoms with Crippen LogP contribution in [0.25, 0.3) is 5.69 Å². The molecule has 0 saturated carbocycles. The molecule has 1 N–H and O–H groups in total. The molecule has 0 radical (unpaired) electrons. The van der Waals surface area contributed by atoms with Crippen molar-refractivity contribution >= 4 is 0 Å². The molecule has 0 aliphatic heterocycles. The molecule has 0 aliphatic rings. The van der Waals surface area contributed by atoms with Gasteiger partial charge in [-0.25, -0.2) is 13.5 Å². The maximum absolute atomic E-state index is 13.8. The molecule has 1 unspecified atom stereocenters. The first-order valence-corrected chi connectivity index (χ1v) is 6.39. The van der Waals surface area contributed by atoms with Gasteiger partial charge in [0.05, 0.1) is 11.4 Å². The summed E-state index contributed by atoms with van der Waals surface area (Å²) in [4.78, 5) is 0. The number of aliphatic hydroxyl groups excluding tert-OH is 1. The second kappa shape index (κ2) is 5.46. The number of hydrogen-bond donors (Lipinski definition) is 1. The first kappa shape index (κ1) is 13.5. The van der Waals surface area contributed by atoms with Gasteiger partial charge in [0.1, 0.15) is 17.7 Å². The zero-order valence-corrected chi connectivity index (χ0v) is 10.9. The molecule has 2 aromatic carbocycles. The summed E-state index contributed by atoms with van der Waals surface area (Å²) in [6, 6.07) is 13.9. The van der Waals surface area contributed by atoms with Crippen LogP contribution in [0.4, 0.5) is 8.78 Å². The molecule has 3 nitrogen and oxygen atoms in total. The van der Waals surface area contributed by atoms with Crippen LogP contribution in [0.2, 0.25) is 0 Å². The molecule has 0 spiro atoms. The van der Waals surface area contributed by atoms with Gasteiger partial charge in [-0.1, -0.05) is 24.3 Å². The van der Waals surface area contributed by atoms with Crippen LogP contribution in [-0.4, -0.2) is 14.9 Å². The fraction of sp³-hybridized carbons (Fsp3) is 0.0625. The van der Waals surface area contributed by atoms with E-state index >= 15 is 0 Å². The molecule has 0 fully saturated rings. The van der Waals surface area contributed by atoms with E-state index in [2.05, 4.69) is 5.10 Å². The lowest BCUT2D eigenvalue weighted by Crippen LogP contribution is -2.10.